The van der Waals surface area contributed by atoms with Gasteiger partial charge in [-0.2, -0.15) is 5.10 Å². The highest BCUT2D eigenvalue weighted by molar-refractivity contribution is 5.71. The normalized spacial score (nSPS) is 10.9. The summed E-state index contributed by atoms with van der Waals surface area (Å²) in [5.41, 5.74) is 7.65. The van der Waals surface area contributed by atoms with Gasteiger partial charge in [-0.05, 0) is 32.9 Å². The molecule has 0 radical (unpaired) electrons. The molecule has 96 valence electrons. The summed E-state index contributed by atoms with van der Waals surface area (Å²) < 4.78 is 15.4. The van der Waals surface area contributed by atoms with Crippen molar-refractivity contribution in [1.29, 1.82) is 0 Å². The van der Waals surface area contributed by atoms with Crippen LogP contribution in [0.25, 0.3) is 0 Å². The largest absolute Gasteiger partial charge is 0.394 e. The van der Waals surface area contributed by atoms with Crippen LogP contribution < -0.4 is 11.1 Å². The van der Waals surface area contributed by atoms with E-state index >= 15 is 0 Å². The second-order valence-corrected chi connectivity index (χ2v) is 4.49. The highest BCUT2D eigenvalue weighted by Crippen LogP contribution is 2.29. The first-order valence-electron chi connectivity index (χ1n) is 5.87. The minimum Gasteiger partial charge on any atom is -0.394 e. The van der Waals surface area contributed by atoms with E-state index in [2.05, 4.69) is 10.4 Å². The maximum Gasteiger partial charge on any atom is 0.152 e. The van der Waals surface area contributed by atoms with Crippen molar-refractivity contribution in [3.05, 3.63) is 35.8 Å². The molecule has 0 fully saturated rings. The number of nitrogens with zero attached hydrogens (tertiary/aromatic N) is 2. The van der Waals surface area contributed by atoms with Crippen LogP contribution in [0.1, 0.15) is 25.6 Å². The van der Waals surface area contributed by atoms with Crippen molar-refractivity contribution >= 4 is 17.2 Å². The summed E-state index contributed by atoms with van der Waals surface area (Å²) in [4.78, 5) is 0. The van der Waals surface area contributed by atoms with E-state index in [9.17, 15) is 4.39 Å². The molecule has 1 aromatic carbocycles. The molecule has 0 saturated carbocycles. The van der Waals surface area contributed by atoms with Gasteiger partial charge in [-0.15, -0.1) is 0 Å². The van der Waals surface area contributed by atoms with Crippen LogP contribution >= 0.6 is 0 Å². The number of para-hydroxylation sites is 1. The summed E-state index contributed by atoms with van der Waals surface area (Å²) in [5.74, 6) is 0.318. The molecule has 1 aromatic heterocycles. The molecule has 5 heteroatoms. The number of hydrogen-bond acceptors (Lipinski definition) is 3. The van der Waals surface area contributed by atoms with Crippen LogP contribution in [-0.4, -0.2) is 9.78 Å². The lowest BCUT2D eigenvalue weighted by Crippen LogP contribution is -2.08. The summed E-state index contributed by atoms with van der Waals surface area (Å²) in [6, 6.07) is 6.64. The quantitative estimate of drug-likeness (QED) is 0.876. The van der Waals surface area contributed by atoms with Crippen molar-refractivity contribution in [2.75, 3.05) is 11.1 Å². The Labute approximate surface area is 106 Å². The third kappa shape index (κ3) is 2.16. The van der Waals surface area contributed by atoms with E-state index < -0.39 is 0 Å². The number of nitrogen functional groups attached to an aromatic ring is 1. The second kappa shape index (κ2) is 4.68. The number of anilines is 3. The lowest BCUT2D eigenvalue weighted by atomic mass is 10.3. The van der Waals surface area contributed by atoms with Crippen LogP contribution in [0.3, 0.4) is 0 Å². The van der Waals surface area contributed by atoms with Crippen LogP contribution in [0, 0.1) is 12.7 Å². The molecule has 0 aliphatic rings. The van der Waals surface area contributed by atoms with E-state index in [1.807, 2.05) is 20.8 Å². The fourth-order valence-electron chi connectivity index (χ4n) is 1.75. The van der Waals surface area contributed by atoms with Crippen molar-refractivity contribution in [2.24, 2.45) is 0 Å². The molecular formula is C13H17FN4. The van der Waals surface area contributed by atoms with Crippen molar-refractivity contribution in [3.8, 4) is 0 Å². The highest BCUT2D eigenvalue weighted by atomic mass is 19.1. The molecule has 0 aliphatic heterocycles. The van der Waals surface area contributed by atoms with Gasteiger partial charge in [0.25, 0.3) is 0 Å². The first kappa shape index (κ1) is 12.4. The number of aryl methyl sites for hydroxylation is 1. The predicted octanol–water partition coefficient (Wildman–Crippen LogP) is 3.24. The summed E-state index contributed by atoms with van der Waals surface area (Å²) in [6.07, 6.45) is 0. The number of hydrogen-bond donors (Lipinski definition) is 2. The first-order chi connectivity index (χ1) is 8.50. The molecule has 0 saturated heterocycles. The molecule has 18 heavy (non-hydrogen) atoms. The smallest absolute Gasteiger partial charge is 0.152 e. The fraction of sp³-hybridized carbons (Fsp3) is 0.308. The van der Waals surface area contributed by atoms with E-state index in [0.29, 0.717) is 17.2 Å². The fourth-order valence-corrected chi connectivity index (χ4v) is 1.75. The number of nitrogens with two attached hydrogens (primary N) is 1. The number of rotatable bonds is 3. The van der Waals surface area contributed by atoms with E-state index in [0.717, 1.165) is 5.69 Å². The summed E-state index contributed by atoms with van der Waals surface area (Å²) in [5, 5.41) is 7.35. The van der Waals surface area contributed by atoms with Crippen LogP contribution in [0.5, 0.6) is 0 Å². The molecule has 3 N–H and O–H groups in total. The van der Waals surface area contributed by atoms with Gasteiger partial charge in [-0.3, -0.25) is 0 Å². The van der Waals surface area contributed by atoms with Crippen molar-refractivity contribution in [2.45, 2.75) is 26.8 Å². The molecular weight excluding hydrogens is 231 g/mol. The summed E-state index contributed by atoms with van der Waals surface area (Å²) >= 11 is 0. The average molecular weight is 248 g/mol. The zero-order chi connectivity index (χ0) is 13.3. The van der Waals surface area contributed by atoms with Crippen molar-refractivity contribution < 1.29 is 4.39 Å². The molecule has 0 atom stereocenters. The van der Waals surface area contributed by atoms with E-state index in [4.69, 9.17) is 5.73 Å². The van der Waals surface area contributed by atoms with Gasteiger partial charge in [0.15, 0.2) is 5.82 Å². The Hall–Kier alpha value is -2.04. The lowest BCUT2D eigenvalue weighted by molar-refractivity contribution is 0.536. The van der Waals surface area contributed by atoms with Crippen LogP contribution in [0.15, 0.2) is 24.3 Å². The van der Waals surface area contributed by atoms with Gasteiger partial charge in [0.2, 0.25) is 0 Å². The van der Waals surface area contributed by atoms with Crippen LogP contribution in [0.2, 0.25) is 0 Å². The molecule has 1 heterocycles. The first-order valence-corrected chi connectivity index (χ1v) is 5.87. The number of benzene rings is 1. The predicted molar refractivity (Wildman–Crippen MR) is 71.4 cm³/mol. The van der Waals surface area contributed by atoms with Gasteiger partial charge in [-0.1, -0.05) is 12.1 Å². The number of aromatic nitrogens is 2. The Morgan fingerprint density at radius 3 is 2.61 bits per heavy atom. The molecule has 0 spiro atoms. The third-order valence-electron chi connectivity index (χ3n) is 2.75. The molecule has 2 rings (SSSR count). The minimum absolute atomic E-state index is 0.148. The number of nitrogens with one attached hydrogen (secondary N) is 1. The van der Waals surface area contributed by atoms with Gasteiger partial charge in [0.05, 0.1) is 17.1 Å². The standard InChI is InChI=1S/C13H17FN4/c1-8(2)18-13(12(15)9(3)17-18)16-11-7-5-4-6-10(11)14/h4-8,16H,15H2,1-3H3. The van der Waals surface area contributed by atoms with Gasteiger partial charge < -0.3 is 11.1 Å². The van der Waals surface area contributed by atoms with Gasteiger partial charge in [0.1, 0.15) is 5.82 Å². The number of halogens is 1. The molecule has 0 amide bonds. The van der Waals surface area contributed by atoms with Crippen LogP contribution in [-0.2, 0) is 0 Å². The van der Waals surface area contributed by atoms with E-state index in [-0.39, 0.29) is 11.9 Å². The van der Waals surface area contributed by atoms with E-state index in [1.54, 1.807) is 22.9 Å². The lowest BCUT2D eigenvalue weighted by Gasteiger charge is -2.13. The Morgan fingerprint density at radius 2 is 2.00 bits per heavy atom. The molecule has 0 aliphatic carbocycles. The second-order valence-electron chi connectivity index (χ2n) is 4.49. The average Bonchev–Trinajstić information content (AvgIpc) is 2.60. The SMILES string of the molecule is Cc1nn(C(C)C)c(Nc2ccccc2F)c1N. The molecule has 0 unspecified atom stereocenters. The minimum atomic E-state index is -0.314. The summed E-state index contributed by atoms with van der Waals surface area (Å²) in [6.45, 7) is 5.83. The van der Waals surface area contributed by atoms with E-state index in [1.165, 1.54) is 6.07 Å². The Bertz CT molecular complexity index is 560. The Kier molecular flexibility index (Phi) is 3.23. The molecule has 4 nitrogen and oxygen atoms in total. The Morgan fingerprint density at radius 1 is 1.33 bits per heavy atom. The van der Waals surface area contributed by atoms with Gasteiger partial charge in [-0.25, -0.2) is 9.07 Å². The topological polar surface area (TPSA) is 55.9 Å². The maximum absolute atomic E-state index is 13.6. The Balaban J connectivity index is 2.43. The molecule has 2 aromatic rings. The molecule has 0 bridgehead atoms. The highest BCUT2D eigenvalue weighted by Gasteiger charge is 2.15. The van der Waals surface area contributed by atoms with Crippen molar-refractivity contribution in [1.82, 2.24) is 9.78 Å². The van der Waals surface area contributed by atoms with Crippen LogP contribution in [0.4, 0.5) is 21.6 Å². The monoisotopic (exact) mass is 248 g/mol. The maximum atomic E-state index is 13.6. The zero-order valence-electron chi connectivity index (χ0n) is 10.7. The zero-order valence-corrected chi connectivity index (χ0v) is 10.7. The van der Waals surface area contributed by atoms with Gasteiger partial charge in [0, 0.05) is 6.04 Å². The van der Waals surface area contributed by atoms with Gasteiger partial charge >= 0.3 is 0 Å². The van der Waals surface area contributed by atoms with Crippen molar-refractivity contribution in [3.63, 3.8) is 0 Å². The third-order valence-corrected chi connectivity index (χ3v) is 2.75. The summed E-state index contributed by atoms with van der Waals surface area (Å²) in [7, 11) is 0.